The van der Waals surface area contributed by atoms with Crippen molar-refractivity contribution in [2.45, 2.75) is 26.7 Å². The largest absolute Gasteiger partial charge is 0.342 e. The number of hydrogen-bond donors (Lipinski definition) is 0. The third-order valence-corrected chi connectivity index (χ3v) is 5.16. The zero-order chi connectivity index (χ0) is 20.8. The Labute approximate surface area is 164 Å². The minimum Gasteiger partial charge on any atom is -0.342 e. The van der Waals surface area contributed by atoms with Crippen molar-refractivity contribution < 1.29 is 23.2 Å². The lowest BCUT2D eigenvalue weighted by molar-refractivity contribution is -0.142. The molecule has 0 unspecified atom stereocenters. The summed E-state index contributed by atoms with van der Waals surface area (Å²) in [5, 5.41) is 0. The molecule has 1 heterocycles. The molecule has 1 fully saturated rings. The van der Waals surface area contributed by atoms with Crippen LogP contribution in [0.15, 0.2) is 18.2 Å². The van der Waals surface area contributed by atoms with Crippen LogP contribution < -0.4 is 0 Å². The number of likely N-dealkylation sites (N-methyl/N-ethyl adjacent to an activating group) is 2. The molecule has 0 radical (unpaired) electrons. The number of halogens is 2. The molecule has 3 amide bonds. The molecule has 2 rings (SSSR count). The first-order chi connectivity index (χ1) is 13.3. The molecule has 1 aromatic carbocycles. The molecular weight excluding hydrogens is 368 g/mol. The zero-order valence-electron chi connectivity index (χ0n) is 16.6. The number of likely N-dealkylation sites (tertiary alicyclic amines) is 1. The predicted molar refractivity (Wildman–Crippen MR) is 101 cm³/mol. The van der Waals surface area contributed by atoms with Gasteiger partial charge in [-0.3, -0.25) is 14.4 Å². The van der Waals surface area contributed by atoms with Crippen LogP contribution in [0.25, 0.3) is 0 Å². The molecule has 8 heteroatoms. The molecule has 0 atom stereocenters. The van der Waals surface area contributed by atoms with E-state index in [0.29, 0.717) is 45.1 Å². The third-order valence-electron chi connectivity index (χ3n) is 5.16. The summed E-state index contributed by atoms with van der Waals surface area (Å²) in [7, 11) is 1.61. The highest BCUT2D eigenvalue weighted by Crippen LogP contribution is 2.22. The van der Waals surface area contributed by atoms with Crippen LogP contribution in [-0.4, -0.2) is 72.2 Å². The van der Waals surface area contributed by atoms with Crippen molar-refractivity contribution in [3.8, 4) is 0 Å². The van der Waals surface area contributed by atoms with Crippen LogP contribution >= 0.6 is 0 Å². The van der Waals surface area contributed by atoms with Crippen LogP contribution in [0.2, 0.25) is 0 Å². The summed E-state index contributed by atoms with van der Waals surface area (Å²) in [4.78, 5) is 41.8. The van der Waals surface area contributed by atoms with Gasteiger partial charge in [0.25, 0.3) is 5.91 Å². The maximum absolute atomic E-state index is 13.8. The average Bonchev–Trinajstić information content (AvgIpc) is 2.68. The van der Waals surface area contributed by atoms with Crippen molar-refractivity contribution in [2.75, 3.05) is 39.8 Å². The highest BCUT2D eigenvalue weighted by atomic mass is 19.1. The van der Waals surface area contributed by atoms with Gasteiger partial charge in [0.1, 0.15) is 11.6 Å². The number of benzene rings is 1. The van der Waals surface area contributed by atoms with E-state index in [9.17, 15) is 23.2 Å². The second-order valence-corrected chi connectivity index (χ2v) is 6.95. The van der Waals surface area contributed by atoms with Crippen molar-refractivity contribution >= 4 is 17.7 Å². The first-order valence-electron chi connectivity index (χ1n) is 9.55. The summed E-state index contributed by atoms with van der Waals surface area (Å²) in [6, 6.07) is 2.87. The van der Waals surface area contributed by atoms with Gasteiger partial charge in [-0.15, -0.1) is 0 Å². The quantitative estimate of drug-likeness (QED) is 0.742. The van der Waals surface area contributed by atoms with Gasteiger partial charge in [-0.1, -0.05) is 0 Å². The van der Waals surface area contributed by atoms with E-state index >= 15 is 0 Å². The van der Waals surface area contributed by atoms with Gasteiger partial charge >= 0.3 is 0 Å². The molecule has 154 valence electrons. The number of piperidine rings is 1. The summed E-state index contributed by atoms with van der Waals surface area (Å²) in [6.45, 7) is 5.61. The Kier molecular flexibility index (Phi) is 7.48. The molecule has 0 spiro atoms. The molecule has 1 aromatic rings. The number of hydrogen-bond acceptors (Lipinski definition) is 3. The summed E-state index contributed by atoms with van der Waals surface area (Å²) >= 11 is 0. The second-order valence-electron chi connectivity index (χ2n) is 6.95. The number of rotatable bonds is 6. The van der Waals surface area contributed by atoms with E-state index in [0.717, 1.165) is 12.1 Å². The average molecular weight is 395 g/mol. The Hall–Kier alpha value is -2.51. The molecule has 0 bridgehead atoms. The summed E-state index contributed by atoms with van der Waals surface area (Å²) in [5.41, 5.74) is -0.173. The third kappa shape index (κ3) is 5.05. The van der Waals surface area contributed by atoms with Crippen molar-refractivity contribution in [3.63, 3.8) is 0 Å². The van der Waals surface area contributed by atoms with E-state index in [-0.39, 0.29) is 29.8 Å². The Morgan fingerprint density at radius 3 is 2.25 bits per heavy atom. The van der Waals surface area contributed by atoms with Crippen molar-refractivity contribution in [2.24, 2.45) is 5.92 Å². The first kappa shape index (κ1) is 21.8. The Morgan fingerprint density at radius 2 is 1.71 bits per heavy atom. The molecule has 0 aliphatic carbocycles. The van der Waals surface area contributed by atoms with Crippen LogP contribution in [0.1, 0.15) is 37.0 Å². The Balaban J connectivity index is 1.91. The SMILES string of the molecule is CCN(CC)C(=O)CN(C)C(=O)C1CCN(C(=O)c2ccc(F)cc2F)CC1. The molecule has 1 aliphatic heterocycles. The van der Waals surface area contributed by atoms with Crippen LogP contribution in [0.3, 0.4) is 0 Å². The van der Waals surface area contributed by atoms with Gasteiger partial charge in [0.05, 0.1) is 12.1 Å². The van der Waals surface area contributed by atoms with E-state index in [1.807, 2.05) is 13.8 Å². The zero-order valence-corrected chi connectivity index (χ0v) is 16.6. The summed E-state index contributed by atoms with van der Waals surface area (Å²) < 4.78 is 26.8. The standard InChI is InChI=1S/C20H27F2N3O3/c1-4-24(5-2)18(26)13-23(3)19(27)14-8-10-25(11-9-14)20(28)16-7-6-15(21)12-17(16)22/h6-7,12,14H,4-5,8-11,13H2,1-3H3. The smallest absolute Gasteiger partial charge is 0.256 e. The molecule has 28 heavy (non-hydrogen) atoms. The molecule has 0 aromatic heterocycles. The highest BCUT2D eigenvalue weighted by Gasteiger charge is 2.31. The second kappa shape index (κ2) is 9.61. The topological polar surface area (TPSA) is 60.9 Å². The summed E-state index contributed by atoms with van der Waals surface area (Å²) in [6.07, 6.45) is 0.883. The van der Waals surface area contributed by atoms with Gasteiger partial charge < -0.3 is 14.7 Å². The predicted octanol–water partition coefficient (Wildman–Crippen LogP) is 2.14. The summed E-state index contributed by atoms with van der Waals surface area (Å²) in [5.74, 6) is -2.63. The van der Waals surface area contributed by atoms with E-state index in [1.165, 1.54) is 9.80 Å². The fraction of sp³-hybridized carbons (Fsp3) is 0.550. The van der Waals surface area contributed by atoms with Gasteiger partial charge in [0, 0.05) is 45.2 Å². The molecule has 0 saturated carbocycles. The normalized spacial score (nSPS) is 14.7. The van der Waals surface area contributed by atoms with Crippen LogP contribution in [-0.2, 0) is 9.59 Å². The van der Waals surface area contributed by atoms with Crippen molar-refractivity contribution in [1.29, 1.82) is 0 Å². The van der Waals surface area contributed by atoms with Crippen LogP contribution in [0.5, 0.6) is 0 Å². The molecule has 1 aliphatic rings. The lowest BCUT2D eigenvalue weighted by Crippen LogP contribution is -2.46. The van der Waals surface area contributed by atoms with Crippen LogP contribution in [0, 0.1) is 17.6 Å². The van der Waals surface area contributed by atoms with Gasteiger partial charge in [0.15, 0.2) is 0 Å². The lowest BCUT2D eigenvalue weighted by Gasteiger charge is -2.33. The molecule has 1 saturated heterocycles. The number of carbonyl (C=O) groups is 3. The monoisotopic (exact) mass is 395 g/mol. The first-order valence-corrected chi connectivity index (χ1v) is 9.55. The lowest BCUT2D eigenvalue weighted by atomic mass is 9.95. The maximum Gasteiger partial charge on any atom is 0.256 e. The van der Waals surface area contributed by atoms with Crippen molar-refractivity contribution in [3.05, 3.63) is 35.4 Å². The molecule has 6 nitrogen and oxygen atoms in total. The van der Waals surface area contributed by atoms with E-state index < -0.39 is 17.5 Å². The van der Waals surface area contributed by atoms with Crippen molar-refractivity contribution in [1.82, 2.24) is 14.7 Å². The van der Waals surface area contributed by atoms with E-state index in [2.05, 4.69) is 0 Å². The fourth-order valence-corrected chi connectivity index (χ4v) is 3.43. The number of amides is 3. The van der Waals surface area contributed by atoms with Gasteiger partial charge in [0.2, 0.25) is 11.8 Å². The minimum atomic E-state index is -0.891. The molecular formula is C20H27F2N3O3. The number of carbonyl (C=O) groups excluding carboxylic acids is 3. The Bertz CT molecular complexity index is 729. The number of nitrogens with zero attached hydrogens (tertiary/aromatic N) is 3. The van der Waals surface area contributed by atoms with Gasteiger partial charge in [-0.05, 0) is 38.8 Å². The van der Waals surface area contributed by atoms with Gasteiger partial charge in [-0.2, -0.15) is 0 Å². The van der Waals surface area contributed by atoms with Crippen LogP contribution in [0.4, 0.5) is 8.78 Å². The maximum atomic E-state index is 13.8. The fourth-order valence-electron chi connectivity index (χ4n) is 3.43. The van der Waals surface area contributed by atoms with E-state index in [1.54, 1.807) is 11.9 Å². The molecule has 0 N–H and O–H groups in total. The van der Waals surface area contributed by atoms with Gasteiger partial charge in [-0.25, -0.2) is 8.78 Å². The van der Waals surface area contributed by atoms with E-state index in [4.69, 9.17) is 0 Å². The Morgan fingerprint density at radius 1 is 1.11 bits per heavy atom. The minimum absolute atomic E-state index is 0.0282. The highest BCUT2D eigenvalue weighted by molar-refractivity contribution is 5.94.